The molecule has 1 amide bonds. The topological polar surface area (TPSA) is 50.4 Å². The molecule has 0 aliphatic carbocycles. The Morgan fingerprint density at radius 2 is 1.57 bits per heavy atom. The van der Waals surface area contributed by atoms with Gasteiger partial charge in [0.15, 0.2) is 6.61 Å². The van der Waals surface area contributed by atoms with E-state index in [0.717, 1.165) is 22.5 Å². The first-order chi connectivity index (χ1) is 13.5. The summed E-state index contributed by atoms with van der Waals surface area (Å²) < 4.78 is 5.55. The number of carbonyl (C=O) groups excluding carboxylic acids is 1. The molecule has 3 rings (SSSR count). The van der Waals surface area contributed by atoms with Gasteiger partial charge in [-0.2, -0.15) is 0 Å². The van der Waals surface area contributed by atoms with Crippen LogP contribution in [0, 0.1) is 6.92 Å². The normalized spacial score (nSPS) is 10.4. The molecule has 0 spiro atoms. The molecular formula is C22H20Cl2N2O2. The van der Waals surface area contributed by atoms with E-state index in [9.17, 15) is 4.79 Å². The van der Waals surface area contributed by atoms with E-state index in [2.05, 4.69) is 10.6 Å². The third-order valence-electron chi connectivity index (χ3n) is 4.04. The third-order valence-corrected chi connectivity index (χ3v) is 4.78. The zero-order valence-corrected chi connectivity index (χ0v) is 16.8. The molecule has 144 valence electrons. The maximum absolute atomic E-state index is 12.0. The number of hydrogen-bond donors (Lipinski definition) is 2. The fourth-order valence-electron chi connectivity index (χ4n) is 2.50. The molecule has 6 heteroatoms. The molecule has 0 heterocycles. The smallest absolute Gasteiger partial charge is 0.262 e. The van der Waals surface area contributed by atoms with Crippen molar-refractivity contribution < 1.29 is 9.53 Å². The Kier molecular flexibility index (Phi) is 6.80. The van der Waals surface area contributed by atoms with Gasteiger partial charge in [0.1, 0.15) is 5.75 Å². The van der Waals surface area contributed by atoms with Crippen molar-refractivity contribution in [3.05, 3.63) is 87.9 Å². The Balaban J connectivity index is 1.46. The average Bonchev–Trinajstić information content (AvgIpc) is 2.70. The predicted octanol–water partition coefficient (Wildman–Crippen LogP) is 5.93. The van der Waals surface area contributed by atoms with E-state index in [1.165, 1.54) is 0 Å². The van der Waals surface area contributed by atoms with Crippen molar-refractivity contribution in [2.45, 2.75) is 13.5 Å². The van der Waals surface area contributed by atoms with Crippen molar-refractivity contribution >= 4 is 40.5 Å². The lowest BCUT2D eigenvalue weighted by atomic mass is 10.2. The van der Waals surface area contributed by atoms with Gasteiger partial charge in [0.05, 0.1) is 10.0 Å². The number of nitrogens with one attached hydrogen (secondary N) is 2. The summed E-state index contributed by atoms with van der Waals surface area (Å²) in [6, 6.07) is 20.6. The second-order valence-electron chi connectivity index (χ2n) is 6.33. The maximum Gasteiger partial charge on any atom is 0.262 e. The molecule has 3 aromatic carbocycles. The summed E-state index contributed by atoms with van der Waals surface area (Å²) >= 11 is 11.9. The summed E-state index contributed by atoms with van der Waals surface area (Å²) in [4.78, 5) is 12.0. The predicted molar refractivity (Wildman–Crippen MR) is 116 cm³/mol. The largest absolute Gasteiger partial charge is 0.484 e. The number of ether oxygens (including phenoxy) is 1. The highest BCUT2D eigenvalue weighted by molar-refractivity contribution is 6.42. The maximum atomic E-state index is 12.0. The standard InChI is InChI=1S/C22H20Cl2N2O2/c1-15-2-6-17(7-3-15)26-22(27)14-28-19-9-4-16(5-10-19)13-25-18-8-11-20(23)21(24)12-18/h2-12,25H,13-14H2,1H3,(H,26,27). The first kappa shape index (κ1) is 20.1. The van der Waals surface area contributed by atoms with Crippen molar-refractivity contribution in [1.82, 2.24) is 0 Å². The van der Waals surface area contributed by atoms with Crippen LogP contribution in [-0.2, 0) is 11.3 Å². The van der Waals surface area contributed by atoms with Crippen molar-refractivity contribution in [2.24, 2.45) is 0 Å². The molecule has 0 fully saturated rings. The van der Waals surface area contributed by atoms with Crippen molar-refractivity contribution in [2.75, 3.05) is 17.2 Å². The summed E-state index contributed by atoms with van der Waals surface area (Å²) in [5.41, 5.74) is 3.86. The van der Waals surface area contributed by atoms with E-state index >= 15 is 0 Å². The van der Waals surface area contributed by atoms with Crippen molar-refractivity contribution in [1.29, 1.82) is 0 Å². The molecule has 28 heavy (non-hydrogen) atoms. The minimum Gasteiger partial charge on any atom is -0.484 e. The molecule has 0 aromatic heterocycles. The van der Waals surface area contributed by atoms with Gasteiger partial charge in [-0.3, -0.25) is 4.79 Å². The second-order valence-corrected chi connectivity index (χ2v) is 7.14. The van der Waals surface area contributed by atoms with E-state index in [-0.39, 0.29) is 12.5 Å². The van der Waals surface area contributed by atoms with Crippen LogP contribution < -0.4 is 15.4 Å². The number of rotatable bonds is 7. The number of carbonyl (C=O) groups is 1. The van der Waals surface area contributed by atoms with E-state index in [0.29, 0.717) is 22.3 Å². The van der Waals surface area contributed by atoms with Crippen molar-refractivity contribution in [3.63, 3.8) is 0 Å². The minimum absolute atomic E-state index is 0.0469. The van der Waals surface area contributed by atoms with E-state index in [1.807, 2.05) is 61.5 Å². The second kappa shape index (κ2) is 9.49. The number of aryl methyl sites for hydroxylation is 1. The van der Waals surface area contributed by atoms with Gasteiger partial charge in [-0.25, -0.2) is 0 Å². The van der Waals surface area contributed by atoms with Crippen LogP contribution in [0.3, 0.4) is 0 Å². The van der Waals surface area contributed by atoms with Crippen molar-refractivity contribution in [3.8, 4) is 5.75 Å². The number of halogens is 2. The highest BCUT2D eigenvalue weighted by Gasteiger charge is 2.04. The summed E-state index contributed by atoms with van der Waals surface area (Å²) in [6.07, 6.45) is 0. The van der Waals surface area contributed by atoms with Crippen LogP contribution in [0.4, 0.5) is 11.4 Å². The molecule has 0 radical (unpaired) electrons. The van der Waals surface area contributed by atoms with Gasteiger partial charge in [-0.1, -0.05) is 53.0 Å². The lowest BCUT2D eigenvalue weighted by Crippen LogP contribution is -2.20. The fourth-order valence-corrected chi connectivity index (χ4v) is 2.79. The summed E-state index contributed by atoms with van der Waals surface area (Å²) in [5.74, 6) is 0.437. The SMILES string of the molecule is Cc1ccc(NC(=O)COc2ccc(CNc3ccc(Cl)c(Cl)c3)cc2)cc1. The van der Waals surface area contributed by atoms with Gasteiger partial charge < -0.3 is 15.4 Å². The summed E-state index contributed by atoms with van der Waals surface area (Å²) in [7, 11) is 0. The van der Waals surface area contributed by atoms with Crippen LogP contribution in [0.1, 0.15) is 11.1 Å². The van der Waals surface area contributed by atoms with Gasteiger partial charge in [-0.15, -0.1) is 0 Å². The molecule has 2 N–H and O–H groups in total. The average molecular weight is 415 g/mol. The molecule has 0 unspecified atom stereocenters. The van der Waals surface area contributed by atoms with Gasteiger partial charge in [-0.05, 0) is 55.0 Å². The zero-order chi connectivity index (χ0) is 19.9. The van der Waals surface area contributed by atoms with Gasteiger partial charge >= 0.3 is 0 Å². The van der Waals surface area contributed by atoms with Gasteiger partial charge in [0.2, 0.25) is 0 Å². The molecule has 0 atom stereocenters. The monoisotopic (exact) mass is 414 g/mol. The molecule has 3 aromatic rings. The van der Waals surface area contributed by atoms with Crippen LogP contribution >= 0.6 is 23.2 Å². The van der Waals surface area contributed by atoms with E-state index < -0.39 is 0 Å². The summed E-state index contributed by atoms with van der Waals surface area (Å²) in [5, 5.41) is 7.13. The van der Waals surface area contributed by atoms with Crippen LogP contribution in [0.5, 0.6) is 5.75 Å². The zero-order valence-electron chi connectivity index (χ0n) is 15.3. The number of benzene rings is 3. The Hall–Kier alpha value is -2.69. The first-order valence-electron chi connectivity index (χ1n) is 8.77. The number of amides is 1. The van der Waals surface area contributed by atoms with Crippen LogP contribution in [0.25, 0.3) is 0 Å². The molecule has 0 bridgehead atoms. The first-order valence-corrected chi connectivity index (χ1v) is 9.52. The Bertz CT molecular complexity index is 942. The Morgan fingerprint density at radius 3 is 2.25 bits per heavy atom. The minimum atomic E-state index is -0.200. The molecule has 0 aliphatic rings. The summed E-state index contributed by atoms with van der Waals surface area (Å²) in [6.45, 7) is 2.58. The highest BCUT2D eigenvalue weighted by Crippen LogP contribution is 2.25. The lowest BCUT2D eigenvalue weighted by Gasteiger charge is -2.10. The molecule has 0 saturated heterocycles. The van der Waals surface area contributed by atoms with E-state index in [1.54, 1.807) is 12.1 Å². The number of hydrogen-bond acceptors (Lipinski definition) is 3. The molecule has 0 aliphatic heterocycles. The van der Waals surface area contributed by atoms with Gasteiger partial charge in [0.25, 0.3) is 5.91 Å². The van der Waals surface area contributed by atoms with Crippen LogP contribution in [0.15, 0.2) is 66.7 Å². The van der Waals surface area contributed by atoms with Gasteiger partial charge in [0, 0.05) is 17.9 Å². The Labute approximate surface area is 174 Å². The lowest BCUT2D eigenvalue weighted by molar-refractivity contribution is -0.118. The Morgan fingerprint density at radius 1 is 0.893 bits per heavy atom. The van der Waals surface area contributed by atoms with E-state index in [4.69, 9.17) is 27.9 Å². The van der Waals surface area contributed by atoms with Crippen LogP contribution in [0.2, 0.25) is 10.0 Å². The van der Waals surface area contributed by atoms with Crippen LogP contribution in [-0.4, -0.2) is 12.5 Å². The highest BCUT2D eigenvalue weighted by atomic mass is 35.5. The third kappa shape index (κ3) is 5.91. The fraction of sp³-hybridized carbons (Fsp3) is 0.136. The molecular weight excluding hydrogens is 395 g/mol. The molecule has 4 nitrogen and oxygen atoms in total. The quantitative estimate of drug-likeness (QED) is 0.503. The molecule has 0 saturated carbocycles. The number of anilines is 2.